The number of amides is 1. The van der Waals surface area contributed by atoms with Gasteiger partial charge in [0.25, 0.3) is 12.3 Å². The van der Waals surface area contributed by atoms with Crippen LogP contribution in [0.5, 0.6) is 5.75 Å². The predicted octanol–water partition coefficient (Wildman–Crippen LogP) is 1.02. The Labute approximate surface area is 130 Å². The molecule has 0 aliphatic rings. The van der Waals surface area contributed by atoms with Crippen molar-refractivity contribution in [1.82, 2.24) is 20.3 Å². The molecule has 2 rings (SSSR count). The van der Waals surface area contributed by atoms with Crippen molar-refractivity contribution in [2.45, 2.75) is 19.0 Å². The van der Waals surface area contributed by atoms with Crippen molar-refractivity contribution in [2.75, 3.05) is 13.7 Å². The minimum absolute atomic E-state index is 0.0485. The van der Waals surface area contributed by atoms with E-state index in [1.807, 2.05) is 0 Å². The fraction of sp³-hybridized carbons (Fsp3) is 0.357. The lowest BCUT2D eigenvalue weighted by Crippen LogP contribution is -2.29. The summed E-state index contributed by atoms with van der Waals surface area (Å²) in [5.41, 5.74) is 0.734. The number of rotatable bonds is 7. The third kappa shape index (κ3) is 4.46. The molecule has 2 aromatic rings. The minimum atomic E-state index is -2.83. The van der Waals surface area contributed by atoms with Crippen LogP contribution in [0.2, 0.25) is 0 Å². The molecule has 0 aliphatic heterocycles. The van der Waals surface area contributed by atoms with Crippen LogP contribution in [0.15, 0.2) is 30.5 Å². The van der Waals surface area contributed by atoms with E-state index in [0.717, 1.165) is 0 Å². The molecule has 1 aromatic heterocycles. The van der Waals surface area contributed by atoms with E-state index in [0.29, 0.717) is 11.4 Å². The zero-order valence-electron chi connectivity index (χ0n) is 12.3. The number of nitrogens with zero attached hydrogens (tertiary/aromatic N) is 3. The molecule has 1 heterocycles. The van der Waals surface area contributed by atoms with Gasteiger partial charge in [0.15, 0.2) is 5.69 Å². The molecule has 1 unspecified atom stereocenters. The molecule has 0 aliphatic carbocycles. The second kappa shape index (κ2) is 7.63. The number of carbonyl (C=O) groups is 1. The first-order valence-corrected chi connectivity index (χ1v) is 6.82. The van der Waals surface area contributed by atoms with E-state index < -0.39 is 18.4 Å². The van der Waals surface area contributed by atoms with Crippen LogP contribution in [0.4, 0.5) is 8.78 Å². The van der Waals surface area contributed by atoms with Crippen molar-refractivity contribution in [3.05, 3.63) is 36.2 Å². The SMILES string of the molecule is COc1ccc(-n2cc(C(=O)NCCC(O)C(F)F)nn2)cc1. The standard InChI is InChI=1S/C14H16F2N4O3/c1-23-10-4-2-9(3-5-10)20-8-11(18-19-20)14(22)17-7-6-12(21)13(15)16/h2-5,8,12-13,21H,6-7H2,1H3,(H,17,22). The second-order valence-corrected chi connectivity index (χ2v) is 4.69. The van der Waals surface area contributed by atoms with Gasteiger partial charge >= 0.3 is 0 Å². The Morgan fingerprint density at radius 1 is 1.39 bits per heavy atom. The van der Waals surface area contributed by atoms with Crippen LogP contribution in [0, 0.1) is 0 Å². The van der Waals surface area contributed by atoms with Gasteiger partial charge in [0.05, 0.1) is 19.0 Å². The van der Waals surface area contributed by atoms with E-state index in [4.69, 9.17) is 9.84 Å². The number of hydrogen-bond acceptors (Lipinski definition) is 5. The lowest BCUT2D eigenvalue weighted by molar-refractivity contribution is -0.00826. The topological polar surface area (TPSA) is 89.3 Å². The van der Waals surface area contributed by atoms with Gasteiger partial charge < -0.3 is 15.2 Å². The van der Waals surface area contributed by atoms with Crippen LogP contribution >= 0.6 is 0 Å². The molecule has 1 atom stereocenters. The molecule has 0 bridgehead atoms. The van der Waals surface area contributed by atoms with Crippen LogP contribution in [-0.4, -0.2) is 52.2 Å². The van der Waals surface area contributed by atoms with Crippen molar-refractivity contribution in [3.8, 4) is 11.4 Å². The number of nitrogens with one attached hydrogen (secondary N) is 1. The number of benzene rings is 1. The van der Waals surface area contributed by atoms with E-state index in [2.05, 4.69) is 15.6 Å². The van der Waals surface area contributed by atoms with Crippen LogP contribution in [0.1, 0.15) is 16.9 Å². The number of alkyl halides is 2. The predicted molar refractivity (Wildman–Crippen MR) is 76.9 cm³/mol. The molecule has 124 valence electrons. The summed E-state index contributed by atoms with van der Waals surface area (Å²) in [5, 5.41) is 18.9. The first-order chi connectivity index (χ1) is 11.0. The van der Waals surface area contributed by atoms with Gasteiger partial charge in [0.2, 0.25) is 0 Å². The van der Waals surface area contributed by atoms with Crippen molar-refractivity contribution < 1.29 is 23.4 Å². The van der Waals surface area contributed by atoms with Crippen molar-refractivity contribution in [2.24, 2.45) is 0 Å². The molecule has 0 saturated carbocycles. The number of halogens is 2. The average Bonchev–Trinajstić information content (AvgIpc) is 3.04. The largest absolute Gasteiger partial charge is 0.497 e. The zero-order valence-corrected chi connectivity index (χ0v) is 12.3. The molecule has 0 radical (unpaired) electrons. The highest BCUT2D eigenvalue weighted by atomic mass is 19.3. The number of hydrogen-bond donors (Lipinski definition) is 2. The normalized spacial score (nSPS) is 12.2. The molecule has 23 heavy (non-hydrogen) atoms. The monoisotopic (exact) mass is 326 g/mol. The molecular weight excluding hydrogens is 310 g/mol. The van der Waals surface area contributed by atoms with E-state index in [1.165, 1.54) is 10.9 Å². The number of aliphatic hydroxyl groups is 1. The first kappa shape index (κ1) is 16.8. The van der Waals surface area contributed by atoms with Crippen LogP contribution in [0.25, 0.3) is 5.69 Å². The Kier molecular flexibility index (Phi) is 5.58. The van der Waals surface area contributed by atoms with Gasteiger partial charge in [0, 0.05) is 6.54 Å². The second-order valence-electron chi connectivity index (χ2n) is 4.69. The molecule has 0 fully saturated rings. The summed E-state index contributed by atoms with van der Waals surface area (Å²) in [4.78, 5) is 11.8. The summed E-state index contributed by atoms with van der Waals surface area (Å²) in [6.07, 6.45) is -3.41. The first-order valence-electron chi connectivity index (χ1n) is 6.82. The van der Waals surface area contributed by atoms with Crippen molar-refractivity contribution >= 4 is 5.91 Å². The lowest BCUT2D eigenvalue weighted by Gasteiger charge is -2.08. The summed E-state index contributed by atoms with van der Waals surface area (Å²) in [6, 6.07) is 6.97. The molecule has 1 aromatic carbocycles. The Bertz CT molecular complexity index is 646. The third-order valence-electron chi connectivity index (χ3n) is 3.08. The Balaban J connectivity index is 1.94. The number of aromatic nitrogens is 3. The van der Waals surface area contributed by atoms with Crippen molar-refractivity contribution in [3.63, 3.8) is 0 Å². The maximum Gasteiger partial charge on any atom is 0.273 e. The van der Waals surface area contributed by atoms with Crippen LogP contribution in [-0.2, 0) is 0 Å². The third-order valence-corrected chi connectivity index (χ3v) is 3.08. The summed E-state index contributed by atoms with van der Waals surface area (Å²) in [7, 11) is 1.55. The Morgan fingerprint density at radius 3 is 2.70 bits per heavy atom. The zero-order chi connectivity index (χ0) is 16.8. The summed E-state index contributed by atoms with van der Waals surface area (Å²) >= 11 is 0. The number of ether oxygens (including phenoxy) is 1. The number of carbonyl (C=O) groups excluding carboxylic acids is 1. The number of methoxy groups -OCH3 is 1. The van der Waals surface area contributed by atoms with E-state index in [9.17, 15) is 13.6 Å². The van der Waals surface area contributed by atoms with Gasteiger partial charge in [-0.2, -0.15) is 0 Å². The fourth-order valence-electron chi connectivity index (χ4n) is 1.78. The van der Waals surface area contributed by atoms with Gasteiger partial charge in [-0.15, -0.1) is 5.10 Å². The molecular formula is C14H16F2N4O3. The summed E-state index contributed by atoms with van der Waals surface area (Å²) in [6.45, 7) is -0.0836. The smallest absolute Gasteiger partial charge is 0.273 e. The maximum atomic E-state index is 12.1. The van der Waals surface area contributed by atoms with Crippen LogP contribution < -0.4 is 10.1 Å². The molecule has 0 saturated heterocycles. The summed E-state index contributed by atoms with van der Waals surface area (Å²) in [5.74, 6) is 0.135. The van der Waals surface area contributed by atoms with Gasteiger partial charge in [-0.1, -0.05) is 5.21 Å². The molecule has 0 spiro atoms. The molecule has 7 nitrogen and oxygen atoms in total. The molecule has 2 N–H and O–H groups in total. The van der Waals surface area contributed by atoms with Crippen LogP contribution in [0.3, 0.4) is 0 Å². The highest BCUT2D eigenvalue weighted by Gasteiger charge is 2.17. The lowest BCUT2D eigenvalue weighted by atomic mass is 10.2. The van der Waals surface area contributed by atoms with E-state index in [-0.39, 0.29) is 18.7 Å². The highest BCUT2D eigenvalue weighted by Crippen LogP contribution is 2.14. The molecule has 9 heteroatoms. The van der Waals surface area contributed by atoms with Gasteiger partial charge in [-0.05, 0) is 30.7 Å². The fourth-order valence-corrected chi connectivity index (χ4v) is 1.78. The molecule has 1 amide bonds. The van der Waals surface area contributed by atoms with Gasteiger partial charge in [-0.25, -0.2) is 13.5 Å². The van der Waals surface area contributed by atoms with E-state index in [1.54, 1.807) is 31.4 Å². The number of aliphatic hydroxyl groups excluding tert-OH is 1. The van der Waals surface area contributed by atoms with Gasteiger partial charge in [0.1, 0.15) is 11.9 Å². The quantitative estimate of drug-likeness (QED) is 0.793. The Hall–Kier alpha value is -2.55. The van der Waals surface area contributed by atoms with Gasteiger partial charge in [-0.3, -0.25) is 4.79 Å². The summed E-state index contributed by atoms with van der Waals surface area (Å²) < 4.78 is 30.7. The van der Waals surface area contributed by atoms with Crippen molar-refractivity contribution in [1.29, 1.82) is 0 Å². The highest BCUT2D eigenvalue weighted by molar-refractivity contribution is 5.91. The van der Waals surface area contributed by atoms with E-state index >= 15 is 0 Å². The Morgan fingerprint density at radius 2 is 2.09 bits per heavy atom. The minimum Gasteiger partial charge on any atom is -0.497 e. The average molecular weight is 326 g/mol. The maximum absolute atomic E-state index is 12.1.